The van der Waals surface area contributed by atoms with Gasteiger partial charge in [0.15, 0.2) is 5.60 Å². The number of amides is 1. The fourth-order valence-corrected chi connectivity index (χ4v) is 2.00. The molecule has 0 radical (unpaired) electrons. The minimum Gasteiger partial charge on any atom is -0.380 e. The van der Waals surface area contributed by atoms with Gasteiger partial charge in [0.25, 0.3) is 5.91 Å². The molecule has 0 saturated carbocycles. The Morgan fingerprint density at radius 1 is 1.39 bits per heavy atom. The third-order valence-electron chi connectivity index (χ3n) is 3.23. The number of piperidine rings is 1. The zero-order valence-corrected chi connectivity index (χ0v) is 9.50. The van der Waals surface area contributed by atoms with Crippen molar-refractivity contribution in [2.75, 3.05) is 13.1 Å². The molecule has 0 unspecified atom stereocenters. The average molecular weight is 262 g/mol. The molecule has 0 spiro atoms. The molecule has 0 atom stereocenters. The number of alkyl halides is 3. The van der Waals surface area contributed by atoms with E-state index >= 15 is 0 Å². The van der Waals surface area contributed by atoms with E-state index in [1.807, 2.05) is 0 Å². The first kappa shape index (κ1) is 12.9. The van der Waals surface area contributed by atoms with Crippen LogP contribution in [0.5, 0.6) is 0 Å². The zero-order valence-electron chi connectivity index (χ0n) is 9.50. The predicted octanol–water partition coefficient (Wildman–Crippen LogP) is 1.54. The van der Waals surface area contributed by atoms with E-state index in [1.54, 1.807) is 18.3 Å². The summed E-state index contributed by atoms with van der Waals surface area (Å²) in [4.78, 5) is 15.9. The lowest BCUT2D eigenvalue weighted by atomic mass is 9.90. The summed E-state index contributed by atoms with van der Waals surface area (Å²) in [6.45, 7) is -0.207. The van der Waals surface area contributed by atoms with Gasteiger partial charge in [-0.3, -0.25) is 4.79 Å². The molecule has 1 aromatic rings. The van der Waals surface area contributed by atoms with Crippen molar-refractivity contribution in [2.45, 2.75) is 24.6 Å². The molecule has 1 aliphatic heterocycles. The van der Waals surface area contributed by atoms with Gasteiger partial charge in [0.1, 0.15) is 5.69 Å². The standard InChI is InChI=1S/C11H13F3N2O2/c12-11(13,14)10(18)3-6-16(7-4-10)9(17)8-2-1-5-15-8/h1-2,5,15,18H,3-4,6-7H2. The van der Waals surface area contributed by atoms with Gasteiger partial charge in [-0.2, -0.15) is 13.2 Å². The summed E-state index contributed by atoms with van der Waals surface area (Å²) in [5.41, 5.74) is -2.33. The Bertz CT molecular complexity index is 420. The summed E-state index contributed by atoms with van der Waals surface area (Å²) in [6, 6.07) is 3.20. The minimum atomic E-state index is -4.64. The Balaban J connectivity index is 2.01. The van der Waals surface area contributed by atoms with Gasteiger partial charge < -0.3 is 15.0 Å². The molecule has 0 aliphatic carbocycles. The lowest BCUT2D eigenvalue weighted by molar-refractivity contribution is -0.271. The van der Waals surface area contributed by atoms with Crippen molar-refractivity contribution in [3.8, 4) is 0 Å². The lowest BCUT2D eigenvalue weighted by Gasteiger charge is -2.38. The molecule has 1 amide bonds. The van der Waals surface area contributed by atoms with Crippen LogP contribution in [0.25, 0.3) is 0 Å². The zero-order chi connectivity index (χ0) is 13.4. The molecule has 2 N–H and O–H groups in total. The van der Waals surface area contributed by atoms with Gasteiger partial charge in [0.05, 0.1) is 0 Å². The molecule has 0 aromatic carbocycles. The summed E-state index contributed by atoms with van der Waals surface area (Å²) in [5.74, 6) is -0.343. The first-order valence-electron chi connectivity index (χ1n) is 5.55. The number of aliphatic hydroxyl groups is 1. The van der Waals surface area contributed by atoms with Gasteiger partial charge >= 0.3 is 6.18 Å². The number of hydrogen-bond donors (Lipinski definition) is 2. The smallest absolute Gasteiger partial charge is 0.380 e. The number of carbonyl (C=O) groups is 1. The van der Waals surface area contributed by atoms with Crippen molar-refractivity contribution in [3.05, 3.63) is 24.0 Å². The van der Waals surface area contributed by atoms with Gasteiger partial charge in [-0.15, -0.1) is 0 Å². The first-order chi connectivity index (χ1) is 8.33. The van der Waals surface area contributed by atoms with E-state index < -0.39 is 24.6 Å². The van der Waals surface area contributed by atoms with Gasteiger partial charge in [0, 0.05) is 32.1 Å². The highest BCUT2D eigenvalue weighted by molar-refractivity contribution is 5.92. The Labute approximate surface area is 101 Å². The minimum absolute atomic E-state index is 0.103. The molecule has 18 heavy (non-hydrogen) atoms. The van der Waals surface area contributed by atoms with Crippen molar-refractivity contribution in [1.82, 2.24) is 9.88 Å². The van der Waals surface area contributed by atoms with Gasteiger partial charge in [-0.1, -0.05) is 0 Å². The quantitative estimate of drug-likeness (QED) is 0.806. The summed E-state index contributed by atoms with van der Waals surface area (Å²) < 4.78 is 37.7. The third kappa shape index (κ3) is 2.22. The van der Waals surface area contributed by atoms with Crippen LogP contribution >= 0.6 is 0 Å². The van der Waals surface area contributed by atoms with Gasteiger partial charge in [-0.25, -0.2) is 0 Å². The summed E-state index contributed by atoms with van der Waals surface area (Å²) >= 11 is 0. The fraction of sp³-hybridized carbons (Fsp3) is 0.545. The topological polar surface area (TPSA) is 56.3 Å². The molecule has 2 heterocycles. The maximum Gasteiger partial charge on any atom is 0.417 e. The summed E-state index contributed by atoms with van der Waals surface area (Å²) in [7, 11) is 0. The number of nitrogens with zero attached hydrogens (tertiary/aromatic N) is 1. The second kappa shape index (κ2) is 4.31. The molecule has 1 saturated heterocycles. The number of carbonyl (C=O) groups excluding carboxylic acids is 1. The van der Waals surface area contributed by atoms with Crippen LogP contribution in [0.15, 0.2) is 18.3 Å². The number of rotatable bonds is 1. The van der Waals surface area contributed by atoms with Crippen molar-refractivity contribution >= 4 is 5.91 Å². The number of aromatic nitrogens is 1. The highest BCUT2D eigenvalue weighted by atomic mass is 19.4. The number of H-pyrrole nitrogens is 1. The monoisotopic (exact) mass is 262 g/mol. The van der Waals surface area contributed by atoms with Crippen LogP contribution in [-0.4, -0.2) is 45.8 Å². The highest BCUT2D eigenvalue weighted by Gasteiger charge is 2.54. The number of halogens is 3. The SMILES string of the molecule is O=C(c1ccc[nH]1)N1CCC(O)(C(F)(F)F)CC1. The Morgan fingerprint density at radius 3 is 2.44 bits per heavy atom. The van der Waals surface area contributed by atoms with E-state index in [0.29, 0.717) is 5.69 Å². The number of hydrogen-bond acceptors (Lipinski definition) is 2. The van der Waals surface area contributed by atoms with Crippen molar-refractivity contribution in [3.63, 3.8) is 0 Å². The molecule has 4 nitrogen and oxygen atoms in total. The second-order valence-electron chi connectivity index (χ2n) is 4.41. The Morgan fingerprint density at radius 2 is 2.00 bits per heavy atom. The third-order valence-corrected chi connectivity index (χ3v) is 3.23. The number of likely N-dealkylation sites (tertiary alicyclic amines) is 1. The molecule has 1 fully saturated rings. The van der Waals surface area contributed by atoms with Crippen molar-refractivity contribution < 1.29 is 23.1 Å². The van der Waals surface area contributed by atoms with Crippen molar-refractivity contribution in [1.29, 1.82) is 0 Å². The van der Waals surface area contributed by atoms with Crippen LogP contribution in [0.4, 0.5) is 13.2 Å². The van der Waals surface area contributed by atoms with E-state index in [2.05, 4.69) is 4.98 Å². The first-order valence-corrected chi connectivity index (χ1v) is 5.55. The second-order valence-corrected chi connectivity index (χ2v) is 4.41. The lowest BCUT2D eigenvalue weighted by Crippen LogP contribution is -2.54. The van der Waals surface area contributed by atoms with Crippen LogP contribution < -0.4 is 0 Å². The summed E-state index contributed by atoms with van der Waals surface area (Å²) in [6.07, 6.45) is -4.04. The van der Waals surface area contributed by atoms with Crippen LogP contribution in [-0.2, 0) is 0 Å². The molecular formula is C11H13F3N2O2. The fourth-order valence-electron chi connectivity index (χ4n) is 2.00. The maximum atomic E-state index is 12.6. The molecule has 1 aliphatic rings. The van der Waals surface area contributed by atoms with E-state index in [0.717, 1.165) is 0 Å². The van der Waals surface area contributed by atoms with Crippen LogP contribution in [0, 0.1) is 0 Å². The molecular weight excluding hydrogens is 249 g/mol. The highest BCUT2D eigenvalue weighted by Crippen LogP contribution is 2.38. The molecule has 0 bridgehead atoms. The van der Waals surface area contributed by atoms with Crippen LogP contribution in [0.3, 0.4) is 0 Å². The number of nitrogens with one attached hydrogen (secondary N) is 1. The van der Waals surface area contributed by atoms with Gasteiger partial charge in [0.2, 0.25) is 0 Å². The molecule has 7 heteroatoms. The van der Waals surface area contributed by atoms with E-state index in [4.69, 9.17) is 0 Å². The van der Waals surface area contributed by atoms with E-state index in [1.165, 1.54) is 4.90 Å². The number of aromatic amines is 1. The largest absolute Gasteiger partial charge is 0.417 e. The molecule has 100 valence electrons. The van der Waals surface area contributed by atoms with Gasteiger partial charge in [-0.05, 0) is 12.1 Å². The predicted molar refractivity (Wildman–Crippen MR) is 56.9 cm³/mol. The maximum absolute atomic E-state index is 12.6. The van der Waals surface area contributed by atoms with E-state index in [-0.39, 0.29) is 19.0 Å². The molecule has 2 rings (SSSR count). The van der Waals surface area contributed by atoms with E-state index in [9.17, 15) is 23.1 Å². The Hall–Kier alpha value is -1.50. The normalized spacial score (nSPS) is 19.9. The summed E-state index contributed by atoms with van der Waals surface area (Å²) in [5, 5.41) is 9.47. The van der Waals surface area contributed by atoms with Crippen molar-refractivity contribution in [2.24, 2.45) is 0 Å². The Kier molecular flexibility index (Phi) is 3.10. The average Bonchev–Trinajstić information content (AvgIpc) is 2.81. The molecule has 1 aromatic heterocycles. The van der Waals surface area contributed by atoms with Crippen LogP contribution in [0.2, 0.25) is 0 Å². The van der Waals surface area contributed by atoms with Crippen LogP contribution in [0.1, 0.15) is 23.3 Å².